The Labute approximate surface area is 162 Å². The molecule has 4 nitrogen and oxygen atoms in total. The minimum atomic E-state index is -0.932. The SMILES string of the molecule is Cc1ccc(C(C)C)cc1Oc1ccc(NC(=O)c2c(F)cccc2F)nc1. The van der Waals surface area contributed by atoms with E-state index in [0.717, 1.165) is 29.0 Å². The molecule has 1 heterocycles. The van der Waals surface area contributed by atoms with Crippen LogP contribution in [0, 0.1) is 18.6 Å². The van der Waals surface area contributed by atoms with Crippen LogP contribution >= 0.6 is 0 Å². The highest BCUT2D eigenvalue weighted by molar-refractivity contribution is 6.04. The summed E-state index contributed by atoms with van der Waals surface area (Å²) in [4.78, 5) is 16.2. The summed E-state index contributed by atoms with van der Waals surface area (Å²) in [5, 5.41) is 2.38. The van der Waals surface area contributed by atoms with Gasteiger partial charge in [0.1, 0.15) is 34.5 Å². The molecule has 0 saturated heterocycles. The van der Waals surface area contributed by atoms with Crippen LogP contribution in [0.15, 0.2) is 54.7 Å². The lowest BCUT2D eigenvalue weighted by molar-refractivity contribution is 0.101. The number of ether oxygens (including phenoxy) is 1. The van der Waals surface area contributed by atoms with Gasteiger partial charge in [0.15, 0.2) is 0 Å². The Morgan fingerprint density at radius 1 is 1.07 bits per heavy atom. The second kappa shape index (κ2) is 8.17. The molecule has 3 aromatic rings. The van der Waals surface area contributed by atoms with Gasteiger partial charge in [-0.2, -0.15) is 0 Å². The monoisotopic (exact) mass is 382 g/mol. The van der Waals surface area contributed by atoms with E-state index in [1.54, 1.807) is 6.07 Å². The van der Waals surface area contributed by atoms with Crippen LogP contribution in [0.4, 0.5) is 14.6 Å². The van der Waals surface area contributed by atoms with Gasteiger partial charge in [0.2, 0.25) is 0 Å². The molecule has 1 amide bonds. The van der Waals surface area contributed by atoms with Crippen LogP contribution in [0.25, 0.3) is 0 Å². The molecule has 0 atom stereocenters. The molecule has 0 aliphatic rings. The highest BCUT2D eigenvalue weighted by Crippen LogP contribution is 2.29. The third-order valence-corrected chi connectivity index (χ3v) is 4.27. The smallest absolute Gasteiger partial charge is 0.262 e. The van der Waals surface area contributed by atoms with Gasteiger partial charge in [-0.05, 0) is 54.3 Å². The van der Waals surface area contributed by atoms with Crippen LogP contribution in [-0.4, -0.2) is 10.9 Å². The molecule has 0 saturated carbocycles. The first-order valence-electron chi connectivity index (χ1n) is 8.85. The molecule has 0 aliphatic heterocycles. The standard InChI is InChI=1S/C22H20F2N2O2/c1-13(2)15-8-7-14(3)19(11-15)28-16-9-10-20(25-12-16)26-22(27)21-17(23)5-4-6-18(21)24/h4-13H,1-3H3,(H,25,26,27). The number of aryl methyl sites for hydroxylation is 1. The van der Waals surface area contributed by atoms with Crippen molar-refractivity contribution in [2.24, 2.45) is 0 Å². The van der Waals surface area contributed by atoms with Crippen molar-refractivity contribution in [2.75, 3.05) is 5.32 Å². The number of benzene rings is 2. The number of hydrogen-bond acceptors (Lipinski definition) is 3. The van der Waals surface area contributed by atoms with Gasteiger partial charge in [-0.3, -0.25) is 4.79 Å². The molecule has 0 fully saturated rings. The summed E-state index contributed by atoms with van der Waals surface area (Å²) in [6.07, 6.45) is 1.44. The number of halogens is 2. The normalized spacial score (nSPS) is 10.8. The van der Waals surface area contributed by atoms with Crippen molar-refractivity contribution < 1.29 is 18.3 Å². The van der Waals surface area contributed by atoms with Gasteiger partial charge in [-0.25, -0.2) is 13.8 Å². The number of amides is 1. The zero-order valence-electron chi connectivity index (χ0n) is 15.8. The first-order chi connectivity index (χ1) is 13.3. The average molecular weight is 382 g/mol. The fourth-order valence-corrected chi connectivity index (χ4v) is 2.62. The first-order valence-corrected chi connectivity index (χ1v) is 8.85. The third-order valence-electron chi connectivity index (χ3n) is 4.27. The highest BCUT2D eigenvalue weighted by atomic mass is 19.1. The van der Waals surface area contributed by atoms with Gasteiger partial charge in [0.25, 0.3) is 5.91 Å². The molecule has 1 N–H and O–H groups in total. The Morgan fingerprint density at radius 3 is 2.39 bits per heavy atom. The van der Waals surface area contributed by atoms with Crippen molar-refractivity contribution in [3.63, 3.8) is 0 Å². The van der Waals surface area contributed by atoms with Gasteiger partial charge in [0, 0.05) is 0 Å². The third kappa shape index (κ3) is 4.34. The number of aromatic nitrogens is 1. The Balaban J connectivity index is 1.74. The zero-order valence-corrected chi connectivity index (χ0v) is 15.8. The Kier molecular flexibility index (Phi) is 5.68. The fourth-order valence-electron chi connectivity index (χ4n) is 2.62. The van der Waals surface area contributed by atoms with E-state index in [-0.39, 0.29) is 5.82 Å². The molecular weight excluding hydrogens is 362 g/mol. The molecule has 3 rings (SSSR count). The van der Waals surface area contributed by atoms with Crippen molar-refractivity contribution in [1.82, 2.24) is 4.98 Å². The number of pyridine rings is 1. The largest absolute Gasteiger partial charge is 0.455 e. The summed E-state index contributed by atoms with van der Waals surface area (Å²) in [5.74, 6) is -1.03. The number of carbonyl (C=O) groups excluding carboxylic acids is 1. The number of rotatable bonds is 5. The number of hydrogen-bond donors (Lipinski definition) is 1. The maximum atomic E-state index is 13.7. The van der Waals surface area contributed by atoms with E-state index in [0.29, 0.717) is 11.7 Å². The minimum absolute atomic E-state index is 0.160. The molecule has 0 unspecified atom stereocenters. The van der Waals surface area contributed by atoms with Gasteiger partial charge in [-0.15, -0.1) is 0 Å². The number of nitrogens with zero attached hydrogens (tertiary/aromatic N) is 1. The fraction of sp³-hybridized carbons (Fsp3) is 0.182. The maximum Gasteiger partial charge on any atom is 0.262 e. The Morgan fingerprint density at radius 2 is 1.79 bits per heavy atom. The van der Waals surface area contributed by atoms with Crippen LogP contribution < -0.4 is 10.1 Å². The van der Waals surface area contributed by atoms with E-state index in [1.165, 1.54) is 18.3 Å². The van der Waals surface area contributed by atoms with Gasteiger partial charge < -0.3 is 10.1 Å². The van der Waals surface area contributed by atoms with E-state index in [9.17, 15) is 13.6 Å². The topological polar surface area (TPSA) is 51.2 Å². The van der Waals surface area contributed by atoms with Crippen LogP contribution in [0.2, 0.25) is 0 Å². The van der Waals surface area contributed by atoms with Crippen molar-refractivity contribution in [3.05, 3.63) is 83.1 Å². The molecule has 0 aliphatic carbocycles. The molecule has 28 heavy (non-hydrogen) atoms. The number of carbonyl (C=O) groups is 1. The van der Waals surface area contributed by atoms with Crippen LogP contribution in [-0.2, 0) is 0 Å². The molecule has 0 spiro atoms. The summed E-state index contributed by atoms with van der Waals surface area (Å²) < 4.78 is 33.3. The molecule has 0 bridgehead atoms. The lowest BCUT2D eigenvalue weighted by Gasteiger charge is -2.13. The van der Waals surface area contributed by atoms with Crippen molar-refractivity contribution in [3.8, 4) is 11.5 Å². The molecular formula is C22H20F2N2O2. The maximum absolute atomic E-state index is 13.7. The molecule has 0 radical (unpaired) electrons. The minimum Gasteiger partial charge on any atom is -0.455 e. The quantitative estimate of drug-likeness (QED) is 0.603. The van der Waals surface area contributed by atoms with E-state index in [4.69, 9.17) is 4.74 Å². The number of nitrogens with one attached hydrogen (secondary N) is 1. The van der Waals surface area contributed by atoms with Crippen LogP contribution in [0.1, 0.15) is 41.3 Å². The Hall–Kier alpha value is -3.28. The van der Waals surface area contributed by atoms with Crippen LogP contribution in [0.3, 0.4) is 0 Å². The second-order valence-corrected chi connectivity index (χ2v) is 6.71. The van der Waals surface area contributed by atoms with Gasteiger partial charge in [-0.1, -0.05) is 32.0 Å². The van der Waals surface area contributed by atoms with Crippen LogP contribution in [0.5, 0.6) is 11.5 Å². The van der Waals surface area contributed by atoms with E-state index in [1.807, 2.05) is 19.1 Å². The van der Waals surface area contributed by atoms with Gasteiger partial charge in [0.05, 0.1) is 6.20 Å². The van der Waals surface area contributed by atoms with Crippen molar-refractivity contribution in [2.45, 2.75) is 26.7 Å². The van der Waals surface area contributed by atoms with E-state index < -0.39 is 23.1 Å². The lowest BCUT2D eigenvalue weighted by atomic mass is 10.0. The van der Waals surface area contributed by atoms with Gasteiger partial charge >= 0.3 is 0 Å². The summed E-state index contributed by atoms with van der Waals surface area (Å²) >= 11 is 0. The molecule has 1 aromatic heterocycles. The van der Waals surface area contributed by atoms with Crippen molar-refractivity contribution in [1.29, 1.82) is 0 Å². The number of anilines is 1. The average Bonchev–Trinajstić information content (AvgIpc) is 2.64. The van der Waals surface area contributed by atoms with E-state index in [2.05, 4.69) is 30.2 Å². The molecule has 6 heteroatoms. The second-order valence-electron chi connectivity index (χ2n) is 6.71. The summed E-state index contributed by atoms with van der Waals surface area (Å²) in [6, 6.07) is 12.4. The molecule has 2 aromatic carbocycles. The summed E-state index contributed by atoms with van der Waals surface area (Å²) in [6.45, 7) is 6.15. The van der Waals surface area contributed by atoms with E-state index >= 15 is 0 Å². The summed E-state index contributed by atoms with van der Waals surface area (Å²) in [5.41, 5.74) is 1.49. The first kappa shape index (κ1) is 19.5. The lowest BCUT2D eigenvalue weighted by Crippen LogP contribution is -2.16. The van der Waals surface area contributed by atoms with Crippen molar-refractivity contribution >= 4 is 11.7 Å². The zero-order chi connectivity index (χ0) is 20.3. The summed E-state index contributed by atoms with van der Waals surface area (Å²) in [7, 11) is 0. The Bertz CT molecular complexity index is 982. The molecule has 144 valence electrons. The predicted octanol–water partition coefficient (Wildman–Crippen LogP) is 5.84. The predicted molar refractivity (Wildman–Crippen MR) is 104 cm³/mol. The highest BCUT2D eigenvalue weighted by Gasteiger charge is 2.17.